The van der Waals surface area contributed by atoms with Gasteiger partial charge in [0.1, 0.15) is 11.4 Å². The van der Waals surface area contributed by atoms with E-state index in [9.17, 15) is 9.59 Å². The first-order valence-corrected chi connectivity index (χ1v) is 12.6. The second-order valence-corrected chi connectivity index (χ2v) is 10.1. The Morgan fingerprint density at radius 3 is 2.51 bits per heavy atom. The molecular weight excluding hydrogens is 438 g/mol. The molecule has 1 aliphatic heterocycles. The number of aromatic amines is 1. The first-order valence-electron chi connectivity index (χ1n) is 12.6. The van der Waals surface area contributed by atoms with Crippen LogP contribution in [-0.2, 0) is 11.2 Å². The molecule has 0 radical (unpaired) electrons. The van der Waals surface area contributed by atoms with Gasteiger partial charge in [0.25, 0.3) is 5.91 Å². The predicted molar refractivity (Wildman–Crippen MR) is 140 cm³/mol. The third kappa shape index (κ3) is 5.87. The van der Waals surface area contributed by atoms with Gasteiger partial charge in [-0.3, -0.25) is 9.59 Å². The molecule has 0 aliphatic carbocycles. The average molecular weight is 476 g/mol. The summed E-state index contributed by atoms with van der Waals surface area (Å²) in [6.45, 7) is 5.55. The number of piperidine rings is 1. The number of fused-ring (bicyclic) bond motifs is 1. The van der Waals surface area contributed by atoms with Crippen LogP contribution in [0.15, 0.2) is 54.6 Å². The van der Waals surface area contributed by atoms with E-state index < -0.39 is 0 Å². The number of H-pyrrole nitrogens is 1. The zero-order valence-corrected chi connectivity index (χ0v) is 21.3. The number of likely N-dealkylation sites (N-methyl/N-ethyl adjacent to an activating group) is 1. The van der Waals surface area contributed by atoms with Crippen LogP contribution >= 0.6 is 0 Å². The molecule has 2 amide bonds. The minimum Gasteiger partial charge on any atom is -0.497 e. The Bertz CT molecular complexity index is 1130. The summed E-state index contributed by atoms with van der Waals surface area (Å²) in [6, 6.07) is 18.1. The van der Waals surface area contributed by atoms with Crippen LogP contribution in [0.3, 0.4) is 0 Å². The highest BCUT2D eigenvalue weighted by molar-refractivity contribution is 5.98. The van der Waals surface area contributed by atoms with Gasteiger partial charge in [-0.15, -0.1) is 0 Å². The van der Waals surface area contributed by atoms with E-state index in [0.717, 1.165) is 41.5 Å². The lowest BCUT2D eigenvalue weighted by atomic mass is 9.84. The van der Waals surface area contributed by atoms with Gasteiger partial charge in [0.15, 0.2) is 0 Å². The van der Waals surface area contributed by atoms with Crippen molar-refractivity contribution in [3.63, 3.8) is 0 Å². The maximum Gasteiger partial charge on any atom is 0.270 e. The molecule has 6 nitrogen and oxygen atoms in total. The van der Waals surface area contributed by atoms with Crippen molar-refractivity contribution in [3.8, 4) is 5.75 Å². The van der Waals surface area contributed by atoms with Crippen LogP contribution in [0.1, 0.15) is 49.2 Å². The first-order chi connectivity index (χ1) is 16.9. The van der Waals surface area contributed by atoms with Gasteiger partial charge in [-0.05, 0) is 60.9 Å². The highest BCUT2D eigenvalue weighted by Gasteiger charge is 2.33. The largest absolute Gasteiger partial charge is 0.497 e. The van der Waals surface area contributed by atoms with Crippen LogP contribution in [0.2, 0.25) is 0 Å². The second-order valence-electron chi connectivity index (χ2n) is 10.1. The molecule has 1 aliphatic rings. The van der Waals surface area contributed by atoms with Crippen molar-refractivity contribution in [2.24, 2.45) is 11.8 Å². The summed E-state index contributed by atoms with van der Waals surface area (Å²) in [5.41, 5.74) is 2.78. The van der Waals surface area contributed by atoms with E-state index >= 15 is 0 Å². The van der Waals surface area contributed by atoms with Crippen LogP contribution in [0.25, 0.3) is 10.9 Å². The van der Waals surface area contributed by atoms with Gasteiger partial charge in [0.2, 0.25) is 5.91 Å². The number of ether oxygens (including phenoxy) is 1. The van der Waals surface area contributed by atoms with Crippen molar-refractivity contribution >= 4 is 22.7 Å². The summed E-state index contributed by atoms with van der Waals surface area (Å²) in [7, 11) is 3.62. The summed E-state index contributed by atoms with van der Waals surface area (Å²) >= 11 is 0. The van der Waals surface area contributed by atoms with E-state index in [2.05, 4.69) is 31.0 Å². The van der Waals surface area contributed by atoms with Gasteiger partial charge >= 0.3 is 0 Å². The topological polar surface area (TPSA) is 65.6 Å². The molecule has 2 aromatic carbocycles. The zero-order chi connectivity index (χ0) is 24.9. The number of carbonyl (C=O) groups is 2. The fraction of sp³-hybridized carbons (Fsp3) is 0.448. The van der Waals surface area contributed by atoms with E-state index in [1.54, 1.807) is 7.11 Å². The summed E-state index contributed by atoms with van der Waals surface area (Å²) in [6.07, 6.45) is 3.07. The smallest absolute Gasteiger partial charge is 0.270 e. The number of nitrogens with one attached hydrogen (secondary N) is 1. The molecule has 4 rings (SSSR count). The number of hydrogen-bond donors (Lipinski definition) is 1. The quantitative estimate of drug-likeness (QED) is 0.490. The minimum absolute atomic E-state index is 0.0493. The normalized spacial score (nSPS) is 15.4. The summed E-state index contributed by atoms with van der Waals surface area (Å²) in [5.74, 6) is 1.71. The van der Waals surface area contributed by atoms with Crippen LogP contribution in [0.5, 0.6) is 5.75 Å². The van der Waals surface area contributed by atoms with Crippen molar-refractivity contribution < 1.29 is 14.3 Å². The summed E-state index contributed by atoms with van der Waals surface area (Å²) < 4.78 is 5.42. The Morgan fingerprint density at radius 2 is 1.83 bits per heavy atom. The predicted octanol–water partition coefficient (Wildman–Crippen LogP) is 5.14. The molecule has 6 heteroatoms. The van der Waals surface area contributed by atoms with Crippen LogP contribution < -0.4 is 4.74 Å². The van der Waals surface area contributed by atoms with E-state index in [1.165, 1.54) is 0 Å². The minimum atomic E-state index is 0.0493. The number of carbonyl (C=O) groups excluding carboxylic acids is 2. The number of likely N-dealkylation sites (tertiary alicyclic amines) is 1. The van der Waals surface area contributed by atoms with Gasteiger partial charge in [0, 0.05) is 43.5 Å². The Labute approximate surface area is 208 Å². The molecule has 0 spiro atoms. The molecule has 3 aromatic rings. The van der Waals surface area contributed by atoms with Gasteiger partial charge < -0.3 is 19.5 Å². The molecular formula is C29H37N3O3. The van der Waals surface area contributed by atoms with Crippen molar-refractivity contribution in [2.45, 2.75) is 45.6 Å². The van der Waals surface area contributed by atoms with Crippen LogP contribution in [-0.4, -0.2) is 59.9 Å². The van der Waals surface area contributed by atoms with E-state index in [4.69, 9.17) is 4.74 Å². The average Bonchev–Trinajstić information content (AvgIpc) is 3.31. The Morgan fingerprint density at radius 1 is 1.09 bits per heavy atom. The number of nitrogens with zero attached hydrogens (tertiary/aromatic N) is 2. The standard InChI is InChI=1S/C29H37N3O3/c1-20(2)16-28(33)31(3)27(18-21-8-7-10-24(17-21)35-4)22-12-14-32(15-13-22)29(34)26-19-23-9-5-6-11-25(23)30-26/h5-11,17,19-20,22,27,30H,12-16,18H2,1-4H3/t27-/m1/s1. The van der Waals surface area contributed by atoms with Crippen molar-refractivity contribution in [2.75, 3.05) is 27.2 Å². The van der Waals surface area contributed by atoms with Crippen molar-refractivity contribution in [1.29, 1.82) is 0 Å². The Kier molecular flexibility index (Phi) is 7.79. The number of hydrogen-bond acceptors (Lipinski definition) is 3. The molecule has 186 valence electrons. The molecule has 1 aromatic heterocycles. The number of amides is 2. The lowest BCUT2D eigenvalue weighted by Crippen LogP contribution is -2.48. The lowest BCUT2D eigenvalue weighted by molar-refractivity contribution is -0.134. The van der Waals surface area contributed by atoms with E-state index in [1.807, 2.05) is 59.3 Å². The number of para-hydroxylation sites is 1. The zero-order valence-electron chi connectivity index (χ0n) is 21.3. The monoisotopic (exact) mass is 475 g/mol. The highest BCUT2D eigenvalue weighted by atomic mass is 16.5. The van der Waals surface area contributed by atoms with Gasteiger partial charge in [-0.1, -0.05) is 44.2 Å². The molecule has 2 heterocycles. The molecule has 0 unspecified atom stereocenters. The fourth-order valence-electron chi connectivity index (χ4n) is 5.19. The molecule has 1 atom stereocenters. The molecule has 1 N–H and O–H groups in total. The fourth-order valence-corrected chi connectivity index (χ4v) is 5.19. The van der Waals surface area contributed by atoms with Gasteiger partial charge in [-0.25, -0.2) is 0 Å². The Hall–Kier alpha value is -3.28. The molecule has 0 saturated carbocycles. The SMILES string of the molecule is COc1cccc(C[C@H](C2CCN(C(=O)c3cc4ccccc4[nH]3)CC2)N(C)C(=O)CC(C)C)c1. The van der Waals surface area contributed by atoms with E-state index in [-0.39, 0.29) is 17.9 Å². The maximum absolute atomic E-state index is 13.2. The Balaban J connectivity index is 1.47. The number of aromatic nitrogens is 1. The van der Waals surface area contributed by atoms with Gasteiger partial charge in [0.05, 0.1) is 7.11 Å². The first kappa shape index (κ1) is 24.8. The number of benzene rings is 2. The lowest BCUT2D eigenvalue weighted by Gasteiger charge is -2.40. The van der Waals surface area contributed by atoms with E-state index in [0.29, 0.717) is 37.0 Å². The molecule has 1 fully saturated rings. The third-order valence-corrected chi connectivity index (χ3v) is 7.18. The maximum atomic E-state index is 13.2. The van der Waals surface area contributed by atoms with Crippen LogP contribution in [0, 0.1) is 11.8 Å². The third-order valence-electron chi connectivity index (χ3n) is 7.18. The van der Waals surface area contributed by atoms with Crippen LogP contribution in [0.4, 0.5) is 0 Å². The summed E-state index contributed by atoms with van der Waals surface area (Å²) in [4.78, 5) is 33.4. The molecule has 1 saturated heterocycles. The number of methoxy groups -OCH3 is 1. The number of rotatable bonds is 8. The van der Waals surface area contributed by atoms with Gasteiger partial charge in [-0.2, -0.15) is 0 Å². The highest BCUT2D eigenvalue weighted by Crippen LogP contribution is 2.29. The van der Waals surface area contributed by atoms with Crippen molar-refractivity contribution in [1.82, 2.24) is 14.8 Å². The second kappa shape index (κ2) is 11.0. The summed E-state index contributed by atoms with van der Waals surface area (Å²) in [5, 5.41) is 1.05. The molecule has 35 heavy (non-hydrogen) atoms. The van der Waals surface area contributed by atoms with Crippen molar-refractivity contribution in [3.05, 3.63) is 65.9 Å². The molecule has 0 bridgehead atoms.